The average molecular weight is 259 g/mol. The fourth-order valence-electron chi connectivity index (χ4n) is 1.85. The monoisotopic (exact) mass is 259 g/mol. The molecule has 4 nitrogen and oxygen atoms in total. The molecular formula is C15H17NO3. The van der Waals surface area contributed by atoms with Crippen LogP contribution in [0.15, 0.2) is 47.1 Å². The molecule has 0 bridgehead atoms. The van der Waals surface area contributed by atoms with E-state index in [0.29, 0.717) is 6.54 Å². The Morgan fingerprint density at radius 2 is 2.05 bits per heavy atom. The predicted molar refractivity (Wildman–Crippen MR) is 71.9 cm³/mol. The van der Waals surface area contributed by atoms with Gasteiger partial charge in [0.2, 0.25) is 5.76 Å². The van der Waals surface area contributed by atoms with Crippen molar-refractivity contribution in [2.75, 3.05) is 13.7 Å². The zero-order valence-electron chi connectivity index (χ0n) is 10.9. The maximum atomic E-state index is 11.4. The zero-order valence-corrected chi connectivity index (χ0v) is 10.9. The van der Waals surface area contributed by atoms with Crippen molar-refractivity contribution in [2.45, 2.75) is 13.0 Å². The number of rotatable bonds is 6. The van der Waals surface area contributed by atoms with Crippen molar-refractivity contribution >= 4 is 5.97 Å². The Labute approximate surface area is 112 Å². The van der Waals surface area contributed by atoms with Crippen LogP contribution in [0.1, 0.15) is 21.7 Å². The highest BCUT2D eigenvalue weighted by Gasteiger charge is 2.14. The first-order chi connectivity index (χ1) is 9.31. The van der Waals surface area contributed by atoms with E-state index in [9.17, 15) is 4.79 Å². The van der Waals surface area contributed by atoms with Crippen LogP contribution < -0.4 is 5.32 Å². The normalized spacial score (nSPS) is 10.4. The van der Waals surface area contributed by atoms with Crippen molar-refractivity contribution in [1.82, 2.24) is 5.32 Å². The van der Waals surface area contributed by atoms with Crippen LogP contribution in [0.25, 0.3) is 0 Å². The molecule has 19 heavy (non-hydrogen) atoms. The van der Waals surface area contributed by atoms with E-state index in [4.69, 9.17) is 4.42 Å². The van der Waals surface area contributed by atoms with Crippen LogP contribution in [-0.2, 0) is 17.7 Å². The second-order valence-electron chi connectivity index (χ2n) is 4.18. The standard InChI is InChI=1S/C15H17NO3/c1-18-15(17)14-13(8-10-19-14)11-16-9-7-12-5-3-2-4-6-12/h2-6,8,10,16H,7,9,11H2,1H3. The summed E-state index contributed by atoms with van der Waals surface area (Å²) in [4.78, 5) is 11.4. The lowest BCUT2D eigenvalue weighted by molar-refractivity contribution is 0.0563. The Hall–Kier alpha value is -2.07. The van der Waals surface area contributed by atoms with Gasteiger partial charge in [-0.2, -0.15) is 0 Å². The van der Waals surface area contributed by atoms with E-state index >= 15 is 0 Å². The number of furan rings is 1. The number of carbonyl (C=O) groups is 1. The highest BCUT2D eigenvalue weighted by Crippen LogP contribution is 2.11. The molecule has 2 rings (SSSR count). The fourth-order valence-corrected chi connectivity index (χ4v) is 1.85. The minimum Gasteiger partial charge on any atom is -0.463 e. The van der Waals surface area contributed by atoms with Crippen molar-refractivity contribution in [2.24, 2.45) is 0 Å². The third kappa shape index (κ3) is 3.69. The molecule has 0 aliphatic carbocycles. The van der Waals surface area contributed by atoms with Crippen LogP contribution >= 0.6 is 0 Å². The molecule has 1 aromatic carbocycles. The number of hydrogen-bond donors (Lipinski definition) is 1. The number of hydrogen-bond acceptors (Lipinski definition) is 4. The highest BCUT2D eigenvalue weighted by molar-refractivity contribution is 5.87. The molecule has 2 aromatic rings. The summed E-state index contributed by atoms with van der Waals surface area (Å²) in [7, 11) is 1.34. The summed E-state index contributed by atoms with van der Waals surface area (Å²) in [6.07, 6.45) is 2.45. The van der Waals surface area contributed by atoms with Crippen molar-refractivity contribution in [3.05, 3.63) is 59.5 Å². The van der Waals surface area contributed by atoms with Gasteiger partial charge in [0.25, 0.3) is 0 Å². The molecule has 0 saturated heterocycles. The molecule has 1 aromatic heterocycles. The second-order valence-corrected chi connectivity index (χ2v) is 4.18. The highest BCUT2D eigenvalue weighted by atomic mass is 16.5. The largest absolute Gasteiger partial charge is 0.463 e. The lowest BCUT2D eigenvalue weighted by Gasteiger charge is -2.04. The smallest absolute Gasteiger partial charge is 0.374 e. The van der Waals surface area contributed by atoms with Crippen molar-refractivity contribution in [3.63, 3.8) is 0 Å². The number of carbonyl (C=O) groups excluding carboxylic acids is 1. The molecule has 0 unspecified atom stereocenters. The number of esters is 1. The van der Waals surface area contributed by atoms with Gasteiger partial charge in [0.15, 0.2) is 0 Å². The maximum Gasteiger partial charge on any atom is 0.374 e. The van der Waals surface area contributed by atoms with Gasteiger partial charge in [-0.15, -0.1) is 0 Å². The van der Waals surface area contributed by atoms with Gasteiger partial charge < -0.3 is 14.5 Å². The van der Waals surface area contributed by atoms with Crippen molar-refractivity contribution < 1.29 is 13.9 Å². The number of methoxy groups -OCH3 is 1. The first kappa shape index (κ1) is 13.4. The molecule has 0 aliphatic rings. The molecule has 0 fully saturated rings. The minimum absolute atomic E-state index is 0.273. The second kappa shape index (κ2) is 6.75. The summed E-state index contributed by atoms with van der Waals surface area (Å²) in [5.74, 6) is -0.167. The summed E-state index contributed by atoms with van der Waals surface area (Å²) < 4.78 is 9.77. The van der Waals surface area contributed by atoms with E-state index < -0.39 is 5.97 Å². The number of nitrogens with one attached hydrogen (secondary N) is 1. The quantitative estimate of drug-likeness (QED) is 0.639. The van der Waals surface area contributed by atoms with E-state index in [1.807, 2.05) is 18.2 Å². The SMILES string of the molecule is COC(=O)c1occc1CNCCc1ccccc1. The Kier molecular flexibility index (Phi) is 4.75. The lowest BCUT2D eigenvalue weighted by Crippen LogP contribution is -2.18. The van der Waals surface area contributed by atoms with Crippen LogP contribution in [0, 0.1) is 0 Å². The predicted octanol–water partition coefficient (Wildman–Crippen LogP) is 2.40. The van der Waals surface area contributed by atoms with Gasteiger partial charge in [0.05, 0.1) is 13.4 Å². The molecule has 0 spiro atoms. The van der Waals surface area contributed by atoms with Gasteiger partial charge >= 0.3 is 5.97 Å². The minimum atomic E-state index is -0.440. The molecule has 0 atom stereocenters. The summed E-state index contributed by atoms with van der Waals surface area (Å²) in [5, 5.41) is 3.29. The first-order valence-corrected chi connectivity index (χ1v) is 6.20. The van der Waals surface area contributed by atoms with E-state index in [0.717, 1.165) is 18.5 Å². The van der Waals surface area contributed by atoms with Gasteiger partial charge in [0, 0.05) is 12.1 Å². The molecule has 0 saturated carbocycles. The van der Waals surface area contributed by atoms with Crippen LogP contribution in [0.2, 0.25) is 0 Å². The van der Waals surface area contributed by atoms with Gasteiger partial charge in [-0.3, -0.25) is 0 Å². The van der Waals surface area contributed by atoms with Gasteiger partial charge in [0.1, 0.15) is 0 Å². The summed E-state index contributed by atoms with van der Waals surface area (Å²) in [5.41, 5.74) is 2.11. The lowest BCUT2D eigenvalue weighted by atomic mass is 10.1. The van der Waals surface area contributed by atoms with Gasteiger partial charge in [-0.1, -0.05) is 30.3 Å². The van der Waals surface area contributed by atoms with Gasteiger partial charge in [-0.25, -0.2) is 4.79 Å². The van der Waals surface area contributed by atoms with E-state index in [1.165, 1.54) is 18.9 Å². The summed E-state index contributed by atoms with van der Waals surface area (Å²) >= 11 is 0. The van der Waals surface area contributed by atoms with Crippen molar-refractivity contribution in [3.8, 4) is 0 Å². The van der Waals surface area contributed by atoms with Crippen LogP contribution in [0.3, 0.4) is 0 Å². The van der Waals surface area contributed by atoms with Crippen molar-refractivity contribution in [1.29, 1.82) is 0 Å². The van der Waals surface area contributed by atoms with Crippen LogP contribution in [0.4, 0.5) is 0 Å². The zero-order chi connectivity index (χ0) is 13.5. The third-order valence-electron chi connectivity index (χ3n) is 2.87. The molecule has 1 N–H and O–H groups in total. The van der Waals surface area contributed by atoms with E-state index in [1.54, 1.807) is 6.07 Å². The van der Waals surface area contributed by atoms with E-state index in [2.05, 4.69) is 22.2 Å². The molecular weight excluding hydrogens is 242 g/mol. The Morgan fingerprint density at radius 3 is 2.79 bits per heavy atom. The maximum absolute atomic E-state index is 11.4. The molecule has 0 amide bonds. The summed E-state index contributed by atoms with van der Waals surface area (Å²) in [6.45, 7) is 1.43. The molecule has 100 valence electrons. The van der Waals surface area contributed by atoms with Crippen LogP contribution in [0.5, 0.6) is 0 Å². The summed E-state index contributed by atoms with van der Waals surface area (Å²) in [6, 6.07) is 12.0. The topological polar surface area (TPSA) is 51.5 Å². The molecule has 0 radical (unpaired) electrons. The first-order valence-electron chi connectivity index (χ1n) is 6.20. The number of ether oxygens (including phenoxy) is 1. The average Bonchev–Trinajstić information content (AvgIpc) is 2.92. The Balaban J connectivity index is 1.80. The molecule has 0 aliphatic heterocycles. The van der Waals surface area contributed by atoms with Crippen LogP contribution in [-0.4, -0.2) is 19.6 Å². The van der Waals surface area contributed by atoms with Gasteiger partial charge in [-0.05, 0) is 24.6 Å². The van der Waals surface area contributed by atoms with E-state index in [-0.39, 0.29) is 5.76 Å². The Morgan fingerprint density at radius 1 is 1.26 bits per heavy atom. The Bertz CT molecular complexity index is 519. The molecule has 1 heterocycles. The number of benzene rings is 1. The third-order valence-corrected chi connectivity index (χ3v) is 2.87. The molecule has 4 heteroatoms. The fraction of sp³-hybridized carbons (Fsp3) is 0.267.